The maximum Gasteiger partial charge on any atom is 0.304 e. The van der Waals surface area contributed by atoms with E-state index in [1.165, 1.54) is 6.20 Å². The minimum absolute atomic E-state index is 0.327. The quantitative estimate of drug-likeness (QED) is 0.712. The highest BCUT2D eigenvalue weighted by molar-refractivity contribution is 5.85. The van der Waals surface area contributed by atoms with Gasteiger partial charge in [0.25, 0.3) is 0 Å². The molecule has 1 atom stereocenters. The minimum Gasteiger partial charge on any atom is -0.481 e. The van der Waals surface area contributed by atoms with E-state index in [9.17, 15) is 9.59 Å². The molecule has 0 bridgehead atoms. The third-order valence-electron chi connectivity index (χ3n) is 1.77. The van der Waals surface area contributed by atoms with Crippen molar-refractivity contribution in [3.05, 3.63) is 30.1 Å². The van der Waals surface area contributed by atoms with Crippen molar-refractivity contribution in [2.45, 2.75) is 12.3 Å². The Morgan fingerprint density at radius 1 is 1.50 bits per heavy atom. The molecule has 1 aromatic heterocycles. The molecule has 0 aliphatic rings. The molecule has 14 heavy (non-hydrogen) atoms. The van der Waals surface area contributed by atoms with Gasteiger partial charge in [0.15, 0.2) is 0 Å². The van der Waals surface area contributed by atoms with Gasteiger partial charge >= 0.3 is 5.97 Å². The molecule has 0 saturated carbocycles. The number of carbonyl (C=O) groups is 2. The number of primary amides is 1. The zero-order valence-corrected chi connectivity index (χ0v) is 7.38. The van der Waals surface area contributed by atoms with Gasteiger partial charge in [-0.05, 0) is 12.1 Å². The summed E-state index contributed by atoms with van der Waals surface area (Å²) in [5.41, 5.74) is 5.47. The van der Waals surface area contributed by atoms with Crippen molar-refractivity contribution in [2.75, 3.05) is 0 Å². The van der Waals surface area contributed by atoms with E-state index in [2.05, 4.69) is 4.98 Å². The van der Waals surface area contributed by atoms with E-state index in [0.29, 0.717) is 5.69 Å². The number of carbonyl (C=O) groups excluding carboxylic acids is 1. The van der Waals surface area contributed by atoms with Gasteiger partial charge in [0.2, 0.25) is 5.91 Å². The summed E-state index contributed by atoms with van der Waals surface area (Å²) >= 11 is 0. The number of nitrogens with zero attached hydrogens (tertiary/aromatic N) is 1. The molecule has 5 nitrogen and oxygen atoms in total. The number of nitrogens with two attached hydrogens (primary N) is 1. The second-order valence-corrected chi connectivity index (χ2v) is 2.81. The number of carboxylic acid groups (broad SMARTS) is 1. The topological polar surface area (TPSA) is 93.3 Å². The second-order valence-electron chi connectivity index (χ2n) is 2.81. The zero-order valence-electron chi connectivity index (χ0n) is 7.38. The maximum absolute atomic E-state index is 11.0. The number of aromatic nitrogens is 1. The van der Waals surface area contributed by atoms with Gasteiger partial charge in [-0.2, -0.15) is 0 Å². The predicted octanol–water partition coefficient (Wildman–Crippen LogP) is 0.125. The molecule has 0 aromatic carbocycles. The lowest BCUT2D eigenvalue weighted by Gasteiger charge is -2.09. The van der Waals surface area contributed by atoms with Gasteiger partial charge in [0, 0.05) is 6.20 Å². The van der Waals surface area contributed by atoms with E-state index >= 15 is 0 Å². The average molecular weight is 194 g/mol. The maximum atomic E-state index is 11.0. The molecule has 0 aliphatic carbocycles. The highest BCUT2D eigenvalue weighted by Gasteiger charge is 2.21. The Kier molecular flexibility index (Phi) is 3.17. The number of hydrogen-bond donors (Lipinski definition) is 2. The minimum atomic E-state index is -1.07. The Balaban J connectivity index is 2.89. The second kappa shape index (κ2) is 4.36. The Morgan fingerprint density at radius 2 is 2.21 bits per heavy atom. The van der Waals surface area contributed by atoms with E-state index in [0.717, 1.165) is 0 Å². The first kappa shape index (κ1) is 10.2. The third kappa shape index (κ3) is 2.55. The molecule has 1 heterocycles. The molecular weight excluding hydrogens is 184 g/mol. The fourth-order valence-corrected chi connectivity index (χ4v) is 1.11. The van der Waals surface area contributed by atoms with Crippen molar-refractivity contribution in [3.63, 3.8) is 0 Å². The van der Waals surface area contributed by atoms with Crippen LogP contribution in [0.4, 0.5) is 0 Å². The summed E-state index contributed by atoms with van der Waals surface area (Å²) in [6.45, 7) is 0. The molecule has 1 aromatic rings. The fraction of sp³-hybridized carbons (Fsp3) is 0.222. The molecule has 0 radical (unpaired) electrons. The van der Waals surface area contributed by atoms with Gasteiger partial charge in [-0.15, -0.1) is 0 Å². The van der Waals surface area contributed by atoms with Crippen LogP contribution in [0, 0.1) is 0 Å². The first-order valence-corrected chi connectivity index (χ1v) is 4.03. The largest absolute Gasteiger partial charge is 0.481 e. The van der Waals surface area contributed by atoms with Gasteiger partial charge in [0.1, 0.15) is 0 Å². The highest BCUT2D eigenvalue weighted by Crippen LogP contribution is 2.16. The fourth-order valence-electron chi connectivity index (χ4n) is 1.11. The predicted molar refractivity (Wildman–Crippen MR) is 48.4 cm³/mol. The number of hydrogen-bond acceptors (Lipinski definition) is 3. The molecule has 0 fully saturated rings. The first-order valence-electron chi connectivity index (χ1n) is 4.03. The lowest BCUT2D eigenvalue weighted by Crippen LogP contribution is -2.24. The van der Waals surface area contributed by atoms with E-state index in [1.807, 2.05) is 0 Å². The Bertz CT molecular complexity index is 337. The lowest BCUT2D eigenvalue weighted by molar-refractivity contribution is -0.139. The molecule has 0 aliphatic heterocycles. The van der Waals surface area contributed by atoms with Gasteiger partial charge < -0.3 is 10.8 Å². The van der Waals surface area contributed by atoms with Crippen molar-refractivity contribution in [3.8, 4) is 0 Å². The summed E-state index contributed by atoms with van der Waals surface area (Å²) in [7, 11) is 0. The number of carboxylic acids is 1. The van der Waals surface area contributed by atoms with Gasteiger partial charge in [-0.25, -0.2) is 0 Å². The van der Waals surface area contributed by atoms with Crippen molar-refractivity contribution >= 4 is 11.9 Å². The van der Waals surface area contributed by atoms with Crippen LogP contribution in [0.15, 0.2) is 24.4 Å². The van der Waals surface area contributed by atoms with Crippen molar-refractivity contribution in [1.29, 1.82) is 0 Å². The van der Waals surface area contributed by atoms with Gasteiger partial charge in [0.05, 0.1) is 18.0 Å². The number of pyridine rings is 1. The van der Waals surface area contributed by atoms with Crippen LogP contribution < -0.4 is 5.73 Å². The lowest BCUT2D eigenvalue weighted by atomic mass is 10.0. The van der Waals surface area contributed by atoms with Gasteiger partial charge in [-0.1, -0.05) is 6.07 Å². The SMILES string of the molecule is NC(=O)C(CC(=O)O)c1ccccn1. The normalized spacial score (nSPS) is 12.0. The van der Waals surface area contributed by atoms with Crippen LogP contribution in [0.2, 0.25) is 0 Å². The molecule has 1 amide bonds. The Labute approximate surface area is 80.6 Å². The smallest absolute Gasteiger partial charge is 0.304 e. The van der Waals surface area contributed by atoms with Crippen LogP contribution in [0.25, 0.3) is 0 Å². The number of rotatable bonds is 4. The molecule has 0 saturated heterocycles. The molecule has 5 heteroatoms. The summed E-state index contributed by atoms with van der Waals surface area (Å²) in [5, 5.41) is 8.56. The Morgan fingerprint density at radius 3 is 2.64 bits per heavy atom. The monoisotopic (exact) mass is 194 g/mol. The molecule has 74 valence electrons. The molecule has 3 N–H and O–H groups in total. The Hall–Kier alpha value is -1.91. The summed E-state index contributed by atoms with van der Waals surface area (Å²) in [6, 6.07) is 4.95. The summed E-state index contributed by atoms with van der Waals surface area (Å²) < 4.78 is 0. The van der Waals surface area contributed by atoms with Crippen LogP contribution in [0.1, 0.15) is 18.0 Å². The van der Waals surface area contributed by atoms with E-state index in [-0.39, 0.29) is 6.42 Å². The van der Waals surface area contributed by atoms with Crippen LogP contribution in [0.3, 0.4) is 0 Å². The first-order chi connectivity index (χ1) is 6.61. The van der Waals surface area contributed by atoms with Crippen LogP contribution >= 0.6 is 0 Å². The zero-order chi connectivity index (χ0) is 10.6. The summed E-state index contributed by atoms with van der Waals surface area (Å²) in [6.07, 6.45) is 1.17. The van der Waals surface area contributed by atoms with Crippen LogP contribution in [0.5, 0.6) is 0 Å². The number of amides is 1. The highest BCUT2D eigenvalue weighted by atomic mass is 16.4. The molecular formula is C9H10N2O3. The van der Waals surface area contributed by atoms with E-state index in [1.54, 1.807) is 18.2 Å². The van der Waals surface area contributed by atoms with E-state index < -0.39 is 17.8 Å². The standard InChI is InChI=1S/C9H10N2O3/c10-9(14)6(5-8(12)13)7-3-1-2-4-11-7/h1-4,6H,5H2,(H2,10,14)(H,12,13). The van der Waals surface area contributed by atoms with E-state index in [4.69, 9.17) is 10.8 Å². The molecule has 1 rings (SSSR count). The molecule has 0 spiro atoms. The third-order valence-corrected chi connectivity index (χ3v) is 1.77. The van der Waals surface area contributed by atoms with Crippen LogP contribution in [-0.2, 0) is 9.59 Å². The van der Waals surface area contributed by atoms with Crippen molar-refractivity contribution in [2.24, 2.45) is 5.73 Å². The summed E-state index contributed by atoms with van der Waals surface area (Å²) in [5.74, 6) is -2.60. The van der Waals surface area contributed by atoms with Crippen molar-refractivity contribution < 1.29 is 14.7 Å². The number of aliphatic carboxylic acids is 1. The van der Waals surface area contributed by atoms with Crippen molar-refractivity contribution in [1.82, 2.24) is 4.98 Å². The summed E-state index contributed by atoms with van der Waals surface area (Å²) in [4.78, 5) is 25.3. The van der Waals surface area contributed by atoms with Gasteiger partial charge in [-0.3, -0.25) is 14.6 Å². The average Bonchev–Trinajstić information content (AvgIpc) is 2.15. The molecule has 1 unspecified atom stereocenters. The van der Waals surface area contributed by atoms with Crippen LogP contribution in [-0.4, -0.2) is 22.0 Å².